The summed E-state index contributed by atoms with van der Waals surface area (Å²) < 4.78 is 0. The van der Waals surface area contributed by atoms with E-state index < -0.39 is 0 Å². The standard InChI is InChI=1S/C16H33N3/c1-6-16(5)12-19(14(4)9-17-16)11-15-7-8-18(10-15)13(2)3/h13-15,17H,6-12H2,1-5H3. The molecule has 2 fully saturated rings. The van der Waals surface area contributed by atoms with Gasteiger partial charge in [0, 0.05) is 43.8 Å². The number of piperazine rings is 1. The highest BCUT2D eigenvalue weighted by Gasteiger charge is 2.35. The number of nitrogens with one attached hydrogen (secondary N) is 1. The van der Waals surface area contributed by atoms with Gasteiger partial charge >= 0.3 is 0 Å². The third-order valence-corrected chi connectivity index (χ3v) is 5.32. The molecule has 2 saturated heterocycles. The van der Waals surface area contributed by atoms with Gasteiger partial charge in [-0.3, -0.25) is 4.90 Å². The molecule has 2 heterocycles. The summed E-state index contributed by atoms with van der Waals surface area (Å²) in [6.45, 7) is 17.9. The summed E-state index contributed by atoms with van der Waals surface area (Å²) in [5.74, 6) is 0.879. The third-order valence-electron chi connectivity index (χ3n) is 5.32. The molecule has 2 aliphatic heterocycles. The van der Waals surface area contributed by atoms with Crippen LogP contribution in [-0.2, 0) is 0 Å². The predicted molar refractivity (Wildman–Crippen MR) is 82.5 cm³/mol. The Labute approximate surface area is 119 Å². The van der Waals surface area contributed by atoms with Gasteiger partial charge in [0.05, 0.1) is 0 Å². The molecule has 0 aliphatic carbocycles. The lowest BCUT2D eigenvalue weighted by Gasteiger charge is -2.45. The van der Waals surface area contributed by atoms with E-state index in [1.807, 2.05) is 0 Å². The van der Waals surface area contributed by atoms with E-state index in [0.29, 0.717) is 17.6 Å². The van der Waals surface area contributed by atoms with Crippen LogP contribution in [0.4, 0.5) is 0 Å². The van der Waals surface area contributed by atoms with Crippen LogP contribution in [0.25, 0.3) is 0 Å². The molecule has 0 aromatic heterocycles. The summed E-state index contributed by atoms with van der Waals surface area (Å²) in [4.78, 5) is 5.37. The van der Waals surface area contributed by atoms with Crippen molar-refractivity contribution in [1.82, 2.24) is 15.1 Å². The van der Waals surface area contributed by atoms with Gasteiger partial charge in [0.2, 0.25) is 0 Å². The maximum absolute atomic E-state index is 3.72. The zero-order valence-corrected chi connectivity index (χ0v) is 13.6. The van der Waals surface area contributed by atoms with Crippen molar-refractivity contribution in [2.75, 3.05) is 32.7 Å². The van der Waals surface area contributed by atoms with E-state index in [1.165, 1.54) is 39.0 Å². The monoisotopic (exact) mass is 267 g/mol. The second-order valence-electron chi connectivity index (χ2n) is 7.32. The van der Waals surface area contributed by atoms with E-state index >= 15 is 0 Å². The van der Waals surface area contributed by atoms with Crippen LogP contribution in [0.3, 0.4) is 0 Å². The highest BCUT2D eigenvalue weighted by Crippen LogP contribution is 2.24. The Bertz CT molecular complexity index is 292. The summed E-state index contributed by atoms with van der Waals surface area (Å²) >= 11 is 0. The first-order valence-corrected chi connectivity index (χ1v) is 8.16. The number of rotatable bonds is 4. The molecule has 0 spiro atoms. The Hall–Kier alpha value is -0.120. The molecule has 0 radical (unpaired) electrons. The molecular weight excluding hydrogens is 234 g/mol. The lowest BCUT2D eigenvalue weighted by molar-refractivity contribution is 0.0780. The Morgan fingerprint density at radius 1 is 1.37 bits per heavy atom. The minimum atomic E-state index is 0.322. The van der Waals surface area contributed by atoms with Crippen LogP contribution in [0.15, 0.2) is 0 Å². The summed E-state index contributed by atoms with van der Waals surface area (Å²) in [5.41, 5.74) is 0.322. The Morgan fingerprint density at radius 2 is 2.11 bits per heavy atom. The summed E-state index contributed by atoms with van der Waals surface area (Å²) in [7, 11) is 0. The SMILES string of the molecule is CCC1(C)CN(CC2CCN(C(C)C)C2)C(C)CN1. The molecule has 19 heavy (non-hydrogen) atoms. The second kappa shape index (κ2) is 6.11. The highest BCUT2D eigenvalue weighted by atomic mass is 15.3. The average molecular weight is 267 g/mol. The van der Waals surface area contributed by atoms with E-state index in [0.717, 1.165) is 12.5 Å². The molecule has 2 aliphatic rings. The molecule has 0 aromatic rings. The van der Waals surface area contributed by atoms with Crippen molar-refractivity contribution in [2.45, 2.75) is 65.1 Å². The molecule has 0 amide bonds. The summed E-state index contributed by atoms with van der Waals surface area (Å²) in [6.07, 6.45) is 2.61. The first kappa shape index (κ1) is 15.3. The van der Waals surface area contributed by atoms with Crippen molar-refractivity contribution in [3.05, 3.63) is 0 Å². The van der Waals surface area contributed by atoms with Gasteiger partial charge < -0.3 is 10.2 Å². The summed E-state index contributed by atoms with van der Waals surface area (Å²) in [5, 5.41) is 3.72. The molecule has 0 saturated carbocycles. The maximum Gasteiger partial charge on any atom is 0.0278 e. The maximum atomic E-state index is 3.72. The van der Waals surface area contributed by atoms with Crippen LogP contribution in [0.2, 0.25) is 0 Å². The lowest BCUT2D eigenvalue weighted by Crippen LogP contribution is -2.62. The molecule has 2 rings (SSSR count). The number of hydrogen-bond donors (Lipinski definition) is 1. The normalized spacial score (nSPS) is 38.2. The van der Waals surface area contributed by atoms with E-state index in [-0.39, 0.29) is 0 Å². The molecule has 0 aromatic carbocycles. The van der Waals surface area contributed by atoms with Gasteiger partial charge in [-0.1, -0.05) is 6.92 Å². The van der Waals surface area contributed by atoms with E-state index in [1.54, 1.807) is 0 Å². The molecule has 3 nitrogen and oxygen atoms in total. The van der Waals surface area contributed by atoms with Crippen LogP contribution in [0.5, 0.6) is 0 Å². The largest absolute Gasteiger partial charge is 0.309 e. The van der Waals surface area contributed by atoms with E-state index in [4.69, 9.17) is 0 Å². The third kappa shape index (κ3) is 3.71. The molecule has 3 unspecified atom stereocenters. The minimum Gasteiger partial charge on any atom is -0.309 e. The first-order valence-electron chi connectivity index (χ1n) is 8.16. The van der Waals surface area contributed by atoms with Crippen molar-refractivity contribution in [3.63, 3.8) is 0 Å². The Morgan fingerprint density at radius 3 is 2.68 bits per heavy atom. The van der Waals surface area contributed by atoms with Gasteiger partial charge in [0.15, 0.2) is 0 Å². The van der Waals surface area contributed by atoms with Gasteiger partial charge in [-0.05, 0) is 53.0 Å². The van der Waals surface area contributed by atoms with Crippen LogP contribution in [0, 0.1) is 5.92 Å². The quantitative estimate of drug-likeness (QED) is 0.842. The fourth-order valence-electron chi connectivity index (χ4n) is 3.48. The molecule has 112 valence electrons. The minimum absolute atomic E-state index is 0.322. The van der Waals surface area contributed by atoms with Crippen LogP contribution in [0.1, 0.15) is 47.5 Å². The van der Waals surface area contributed by atoms with Crippen LogP contribution >= 0.6 is 0 Å². The van der Waals surface area contributed by atoms with E-state index in [9.17, 15) is 0 Å². The Balaban J connectivity index is 1.87. The Kier molecular flexibility index (Phi) is 4.91. The van der Waals surface area contributed by atoms with Crippen molar-refractivity contribution >= 4 is 0 Å². The second-order valence-corrected chi connectivity index (χ2v) is 7.32. The zero-order chi connectivity index (χ0) is 14.0. The molecule has 0 bridgehead atoms. The van der Waals surface area contributed by atoms with Gasteiger partial charge in [-0.2, -0.15) is 0 Å². The fourth-order valence-corrected chi connectivity index (χ4v) is 3.48. The molecular formula is C16H33N3. The van der Waals surface area contributed by atoms with Crippen molar-refractivity contribution in [1.29, 1.82) is 0 Å². The van der Waals surface area contributed by atoms with Crippen molar-refractivity contribution < 1.29 is 0 Å². The fraction of sp³-hybridized carbons (Fsp3) is 1.00. The molecule has 3 atom stereocenters. The predicted octanol–water partition coefficient (Wildman–Crippen LogP) is 2.18. The number of hydrogen-bond acceptors (Lipinski definition) is 3. The van der Waals surface area contributed by atoms with E-state index in [2.05, 4.69) is 49.7 Å². The lowest BCUT2D eigenvalue weighted by atomic mass is 9.93. The van der Waals surface area contributed by atoms with Gasteiger partial charge in [0.1, 0.15) is 0 Å². The molecule has 3 heteroatoms. The van der Waals surface area contributed by atoms with Gasteiger partial charge in [0.25, 0.3) is 0 Å². The smallest absolute Gasteiger partial charge is 0.0278 e. The van der Waals surface area contributed by atoms with Gasteiger partial charge in [-0.25, -0.2) is 0 Å². The highest BCUT2D eigenvalue weighted by molar-refractivity contribution is 4.94. The van der Waals surface area contributed by atoms with Crippen molar-refractivity contribution in [3.8, 4) is 0 Å². The van der Waals surface area contributed by atoms with Crippen molar-refractivity contribution in [2.24, 2.45) is 5.92 Å². The zero-order valence-electron chi connectivity index (χ0n) is 13.6. The number of nitrogens with zero attached hydrogens (tertiary/aromatic N) is 2. The topological polar surface area (TPSA) is 18.5 Å². The van der Waals surface area contributed by atoms with Gasteiger partial charge in [-0.15, -0.1) is 0 Å². The first-order chi connectivity index (χ1) is 8.93. The van der Waals surface area contributed by atoms with Crippen LogP contribution < -0.4 is 5.32 Å². The average Bonchev–Trinajstić information content (AvgIpc) is 2.83. The number of likely N-dealkylation sites (tertiary alicyclic amines) is 1. The summed E-state index contributed by atoms with van der Waals surface area (Å²) in [6, 6.07) is 1.40. The molecule has 1 N–H and O–H groups in total. The van der Waals surface area contributed by atoms with Crippen LogP contribution in [-0.4, -0.2) is 60.1 Å².